The highest BCUT2D eigenvalue weighted by atomic mass is 15.1. The van der Waals surface area contributed by atoms with Gasteiger partial charge in [0, 0.05) is 18.1 Å². The van der Waals surface area contributed by atoms with Gasteiger partial charge in [-0.25, -0.2) is 4.98 Å². The monoisotopic (exact) mass is 162 g/mol. The van der Waals surface area contributed by atoms with Crippen LogP contribution in [0, 0.1) is 13.8 Å². The van der Waals surface area contributed by atoms with E-state index in [1.807, 2.05) is 51.4 Å². The summed E-state index contributed by atoms with van der Waals surface area (Å²) in [4.78, 5) is 4.18. The van der Waals surface area contributed by atoms with Crippen molar-refractivity contribution < 1.29 is 0 Å². The van der Waals surface area contributed by atoms with Gasteiger partial charge in [0.1, 0.15) is 5.82 Å². The molecule has 0 unspecified atom stereocenters. The molecule has 1 aromatic heterocycles. The van der Waals surface area contributed by atoms with Crippen molar-refractivity contribution in [1.82, 2.24) is 9.55 Å². The third kappa shape index (κ3) is 1.84. The first kappa shape index (κ1) is 8.78. The molecule has 0 aliphatic carbocycles. The second-order valence-corrected chi connectivity index (χ2v) is 2.68. The Kier molecular flexibility index (Phi) is 2.86. The maximum absolute atomic E-state index is 4.18. The summed E-state index contributed by atoms with van der Waals surface area (Å²) >= 11 is 0. The van der Waals surface area contributed by atoms with E-state index in [1.54, 1.807) is 0 Å². The summed E-state index contributed by atoms with van der Waals surface area (Å²) in [7, 11) is 0. The molecule has 0 amide bonds. The minimum Gasteiger partial charge on any atom is -0.308 e. The van der Waals surface area contributed by atoms with Crippen LogP contribution in [0.15, 0.2) is 24.4 Å². The maximum Gasteiger partial charge on any atom is 0.109 e. The predicted octanol–water partition coefficient (Wildman–Crippen LogP) is 2.55. The van der Waals surface area contributed by atoms with Crippen LogP contribution in [0.3, 0.4) is 0 Å². The number of aromatic nitrogens is 2. The van der Waals surface area contributed by atoms with Crippen LogP contribution in [0.2, 0.25) is 0 Å². The molecule has 0 atom stereocenters. The van der Waals surface area contributed by atoms with E-state index in [9.17, 15) is 0 Å². The SMILES string of the molecule is C/C=C\C=C/n1c(C)cnc1C. The molecule has 2 heteroatoms. The lowest BCUT2D eigenvalue weighted by molar-refractivity contribution is 0.995. The van der Waals surface area contributed by atoms with E-state index < -0.39 is 0 Å². The minimum absolute atomic E-state index is 1.02. The van der Waals surface area contributed by atoms with Crippen LogP contribution in [0.4, 0.5) is 0 Å². The Hall–Kier alpha value is -1.31. The fourth-order valence-electron chi connectivity index (χ4n) is 1.04. The summed E-state index contributed by atoms with van der Waals surface area (Å²) < 4.78 is 2.06. The molecule has 0 spiro atoms. The average molecular weight is 162 g/mol. The smallest absolute Gasteiger partial charge is 0.109 e. The Morgan fingerprint density at radius 1 is 1.33 bits per heavy atom. The van der Waals surface area contributed by atoms with Crippen molar-refractivity contribution in [2.45, 2.75) is 20.8 Å². The summed E-state index contributed by atoms with van der Waals surface area (Å²) in [6.07, 6.45) is 9.88. The zero-order chi connectivity index (χ0) is 8.97. The topological polar surface area (TPSA) is 17.8 Å². The average Bonchev–Trinajstić information content (AvgIpc) is 2.35. The Labute approximate surface area is 73.2 Å². The molecule has 1 rings (SSSR count). The van der Waals surface area contributed by atoms with Crippen molar-refractivity contribution in [1.29, 1.82) is 0 Å². The predicted molar refractivity (Wildman–Crippen MR) is 51.8 cm³/mol. The number of allylic oxidation sites excluding steroid dienone is 3. The van der Waals surface area contributed by atoms with Crippen molar-refractivity contribution in [3.8, 4) is 0 Å². The van der Waals surface area contributed by atoms with Crippen molar-refractivity contribution in [3.05, 3.63) is 35.9 Å². The molecule has 2 nitrogen and oxygen atoms in total. The molecule has 0 aliphatic rings. The van der Waals surface area contributed by atoms with Gasteiger partial charge in [-0.2, -0.15) is 0 Å². The van der Waals surface area contributed by atoms with Crippen LogP contribution >= 0.6 is 0 Å². The Morgan fingerprint density at radius 3 is 2.58 bits per heavy atom. The summed E-state index contributed by atoms with van der Waals surface area (Å²) in [5.74, 6) is 1.02. The molecule has 0 saturated heterocycles. The summed E-state index contributed by atoms with van der Waals surface area (Å²) in [5, 5.41) is 0. The Morgan fingerprint density at radius 2 is 2.08 bits per heavy atom. The first-order valence-corrected chi connectivity index (χ1v) is 4.05. The third-order valence-corrected chi connectivity index (χ3v) is 1.71. The highest BCUT2D eigenvalue weighted by molar-refractivity contribution is 5.31. The lowest BCUT2D eigenvalue weighted by atomic mass is 10.5. The van der Waals surface area contributed by atoms with Gasteiger partial charge in [-0.05, 0) is 26.8 Å². The minimum atomic E-state index is 1.02. The van der Waals surface area contributed by atoms with Gasteiger partial charge in [-0.15, -0.1) is 0 Å². The molecular formula is C10H14N2. The normalized spacial score (nSPS) is 11.9. The fraction of sp³-hybridized carbons (Fsp3) is 0.300. The van der Waals surface area contributed by atoms with Gasteiger partial charge in [-0.1, -0.05) is 12.2 Å². The van der Waals surface area contributed by atoms with E-state index >= 15 is 0 Å². The largest absolute Gasteiger partial charge is 0.308 e. The molecule has 0 aliphatic heterocycles. The first-order chi connectivity index (χ1) is 5.75. The van der Waals surface area contributed by atoms with Gasteiger partial charge in [0.15, 0.2) is 0 Å². The lowest BCUT2D eigenvalue weighted by Crippen LogP contribution is -1.91. The molecule has 0 saturated carbocycles. The molecular weight excluding hydrogens is 148 g/mol. The Balaban J connectivity index is 2.87. The number of hydrogen-bond acceptors (Lipinski definition) is 1. The molecule has 0 radical (unpaired) electrons. The van der Waals surface area contributed by atoms with Gasteiger partial charge in [0.05, 0.1) is 0 Å². The van der Waals surface area contributed by atoms with Gasteiger partial charge in [0.25, 0.3) is 0 Å². The molecule has 0 N–H and O–H groups in total. The van der Waals surface area contributed by atoms with Crippen molar-refractivity contribution in [3.63, 3.8) is 0 Å². The quantitative estimate of drug-likeness (QED) is 0.611. The zero-order valence-electron chi connectivity index (χ0n) is 7.78. The van der Waals surface area contributed by atoms with E-state index in [-0.39, 0.29) is 0 Å². The fourth-order valence-corrected chi connectivity index (χ4v) is 1.04. The van der Waals surface area contributed by atoms with E-state index in [1.165, 1.54) is 0 Å². The Bertz CT molecular complexity index is 286. The number of hydrogen-bond donors (Lipinski definition) is 0. The standard InChI is InChI=1S/C10H14N2/c1-4-5-6-7-12-9(2)8-11-10(12)3/h4-8H,1-3H3/b5-4-,7-6-. The summed E-state index contributed by atoms with van der Waals surface area (Å²) in [6, 6.07) is 0. The van der Waals surface area contributed by atoms with Crippen LogP contribution in [-0.4, -0.2) is 9.55 Å². The van der Waals surface area contributed by atoms with Crippen molar-refractivity contribution in [2.75, 3.05) is 0 Å². The van der Waals surface area contributed by atoms with E-state index in [0.717, 1.165) is 11.5 Å². The lowest BCUT2D eigenvalue weighted by Gasteiger charge is -1.97. The maximum atomic E-state index is 4.18. The molecule has 12 heavy (non-hydrogen) atoms. The molecule has 0 bridgehead atoms. The number of aryl methyl sites for hydroxylation is 2. The second-order valence-electron chi connectivity index (χ2n) is 2.68. The molecule has 1 heterocycles. The first-order valence-electron chi connectivity index (χ1n) is 4.05. The van der Waals surface area contributed by atoms with Gasteiger partial charge in [-0.3, -0.25) is 0 Å². The van der Waals surface area contributed by atoms with Crippen LogP contribution in [-0.2, 0) is 0 Å². The zero-order valence-corrected chi connectivity index (χ0v) is 7.78. The van der Waals surface area contributed by atoms with Gasteiger partial charge in [0.2, 0.25) is 0 Å². The van der Waals surface area contributed by atoms with Crippen LogP contribution in [0.25, 0.3) is 6.20 Å². The van der Waals surface area contributed by atoms with Crippen LogP contribution < -0.4 is 0 Å². The molecule has 0 fully saturated rings. The number of imidazole rings is 1. The second kappa shape index (κ2) is 3.90. The van der Waals surface area contributed by atoms with Crippen LogP contribution in [0.5, 0.6) is 0 Å². The van der Waals surface area contributed by atoms with Crippen molar-refractivity contribution in [2.24, 2.45) is 0 Å². The summed E-state index contributed by atoms with van der Waals surface area (Å²) in [6.45, 7) is 6.03. The highest BCUT2D eigenvalue weighted by Gasteiger charge is 1.95. The van der Waals surface area contributed by atoms with E-state index in [0.29, 0.717) is 0 Å². The third-order valence-electron chi connectivity index (χ3n) is 1.71. The number of nitrogens with zero attached hydrogens (tertiary/aromatic N) is 2. The van der Waals surface area contributed by atoms with Gasteiger partial charge < -0.3 is 4.57 Å². The van der Waals surface area contributed by atoms with Crippen molar-refractivity contribution >= 4 is 6.20 Å². The molecule has 1 aromatic rings. The molecule has 0 aromatic carbocycles. The summed E-state index contributed by atoms with van der Waals surface area (Å²) in [5.41, 5.74) is 1.16. The number of rotatable bonds is 2. The van der Waals surface area contributed by atoms with E-state index in [2.05, 4.69) is 9.55 Å². The van der Waals surface area contributed by atoms with E-state index in [4.69, 9.17) is 0 Å². The van der Waals surface area contributed by atoms with Gasteiger partial charge >= 0.3 is 0 Å². The van der Waals surface area contributed by atoms with Crippen LogP contribution in [0.1, 0.15) is 18.4 Å². The highest BCUT2D eigenvalue weighted by Crippen LogP contribution is 2.02. The molecule has 64 valence electrons.